The molecule has 1 atom stereocenters. The first-order valence-electron chi connectivity index (χ1n) is 7.36. The molecular weight excluding hydrogens is 270 g/mol. The molecule has 0 bridgehead atoms. The fourth-order valence-corrected chi connectivity index (χ4v) is 2.45. The first kappa shape index (κ1) is 17.3. The van der Waals surface area contributed by atoms with Crippen LogP contribution in [0.15, 0.2) is 0 Å². The fraction of sp³-hybridized carbons (Fsp3) is 0.733. The highest BCUT2D eigenvalue weighted by Gasteiger charge is 2.34. The van der Waals surface area contributed by atoms with E-state index in [4.69, 9.17) is 11.5 Å². The summed E-state index contributed by atoms with van der Waals surface area (Å²) in [5.41, 5.74) is 0. The summed E-state index contributed by atoms with van der Waals surface area (Å²) in [5, 5.41) is 14.5. The van der Waals surface area contributed by atoms with Crippen molar-refractivity contribution < 1.29 is 14.7 Å². The molecule has 0 aromatic rings. The second-order valence-electron chi connectivity index (χ2n) is 5.79. The van der Waals surface area contributed by atoms with Crippen molar-refractivity contribution in [3.8, 4) is 12.3 Å². The normalized spacial score (nSPS) is 22.3. The van der Waals surface area contributed by atoms with Crippen molar-refractivity contribution >= 4 is 12.0 Å². The zero-order valence-electron chi connectivity index (χ0n) is 12.9. The van der Waals surface area contributed by atoms with Gasteiger partial charge in [-0.15, -0.1) is 6.42 Å². The number of terminal acetylenes is 1. The number of nitrogens with zero attached hydrogens (tertiary/aromatic N) is 1. The molecule has 0 aromatic heterocycles. The molecule has 0 saturated heterocycles. The molecule has 2 amide bonds. The second kappa shape index (κ2) is 7.89. The molecule has 1 aliphatic carbocycles. The van der Waals surface area contributed by atoms with Crippen LogP contribution in [0.25, 0.3) is 0 Å². The van der Waals surface area contributed by atoms with Gasteiger partial charge in [-0.2, -0.15) is 0 Å². The first-order chi connectivity index (χ1) is 9.87. The monoisotopic (exact) mass is 295 g/mol. The minimum absolute atomic E-state index is 0.0482. The third kappa shape index (κ3) is 5.27. The molecule has 0 radical (unpaired) electrons. The molecule has 6 nitrogen and oxygen atoms in total. The van der Waals surface area contributed by atoms with Gasteiger partial charge in [-0.25, -0.2) is 4.79 Å². The fourth-order valence-electron chi connectivity index (χ4n) is 2.45. The molecular formula is C15H25N3O3. The van der Waals surface area contributed by atoms with Crippen molar-refractivity contribution in [2.24, 2.45) is 5.92 Å². The Labute approximate surface area is 126 Å². The molecule has 6 heteroatoms. The number of carboxylic acid groups (broad SMARTS) is 1. The van der Waals surface area contributed by atoms with E-state index in [0.29, 0.717) is 6.54 Å². The predicted octanol–water partition coefficient (Wildman–Crippen LogP) is 0.881. The third-order valence-corrected chi connectivity index (χ3v) is 3.84. The molecule has 1 rings (SSSR count). The highest BCUT2D eigenvalue weighted by Crippen LogP contribution is 2.25. The van der Waals surface area contributed by atoms with E-state index in [0.717, 1.165) is 12.8 Å². The van der Waals surface area contributed by atoms with Crippen molar-refractivity contribution in [3.05, 3.63) is 0 Å². The van der Waals surface area contributed by atoms with Gasteiger partial charge < -0.3 is 15.7 Å². The number of hydrogen-bond donors (Lipinski definition) is 3. The molecule has 0 aromatic carbocycles. The molecule has 0 spiro atoms. The van der Waals surface area contributed by atoms with E-state index in [1.807, 2.05) is 25.7 Å². The molecule has 1 fully saturated rings. The van der Waals surface area contributed by atoms with Crippen LogP contribution in [0.1, 0.15) is 33.6 Å². The molecule has 0 heterocycles. The van der Waals surface area contributed by atoms with Gasteiger partial charge in [0, 0.05) is 12.1 Å². The molecule has 3 N–H and O–H groups in total. The Kier molecular flexibility index (Phi) is 6.50. The Balaban J connectivity index is 2.33. The van der Waals surface area contributed by atoms with Gasteiger partial charge in [0.2, 0.25) is 0 Å². The van der Waals surface area contributed by atoms with E-state index in [-0.39, 0.29) is 36.6 Å². The molecule has 118 valence electrons. The van der Waals surface area contributed by atoms with Crippen LogP contribution in [0, 0.1) is 18.3 Å². The predicted molar refractivity (Wildman–Crippen MR) is 80.8 cm³/mol. The summed E-state index contributed by atoms with van der Waals surface area (Å²) in [6.07, 6.45) is 6.92. The van der Waals surface area contributed by atoms with E-state index in [2.05, 4.69) is 16.6 Å². The maximum absolute atomic E-state index is 11.8. The highest BCUT2D eigenvalue weighted by molar-refractivity contribution is 5.75. The number of urea groups is 1. The van der Waals surface area contributed by atoms with Gasteiger partial charge in [-0.3, -0.25) is 9.69 Å². The SMILES string of the molecule is C#CC(NC(=O)NC1CC(N(CC)CC(=O)O)C1)C(C)C. The van der Waals surface area contributed by atoms with Crippen molar-refractivity contribution in [1.82, 2.24) is 15.5 Å². The first-order valence-corrected chi connectivity index (χ1v) is 7.36. The summed E-state index contributed by atoms with van der Waals surface area (Å²) in [6, 6.07) is -0.218. The lowest BCUT2D eigenvalue weighted by Gasteiger charge is -2.42. The topological polar surface area (TPSA) is 81.7 Å². The molecule has 1 unspecified atom stereocenters. The van der Waals surface area contributed by atoms with E-state index in [9.17, 15) is 9.59 Å². The van der Waals surface area contributed by atoms with Crippen LogP contribution in [-0.2, 0) is 4.79 Å². The smallest absolute Gasteiger partial charge is 0.317 e. The Hall–Kier alpha value is -1.74. The lowest BCUT2D eigenvalue weighted by atomic mass is 9.85. The van der Waals surface area contributed by atoms with Crippen LogP contribution in [-0.4, -0.2) is 53.2 Å². The highest BCUT2D eigenvalue weighted by atomic mass is 16.4. The number of carbonyl (C=O) groups excluding carboxylic acids is 1. The third-order valence-electron chi connectivity index (χ3n) is 3.84. The average molecular weight is 295 g/mol. The number of nitrogens with one attached hydrogen (secondary N) is 2. The second-order valence-corrected chi connectivity index (χ2v) is 5.79. The summed E-state index contributed by atoms with van der Waals surface area (Å²) < 4.78 is 0. The largest absolute Gasteiger partial charge is 0.480 e. The van der Waals surface area contributed by atoms with Crippen LogP contribution in [0.2, 0.25) is 0 Å². The standard InChI is InChI=1S/C15H25N3O3/c1-5-13(10(3)4)17-15(21)16-11-7-12(8-11)18(6-2)9-14(19)20/h1,10-13H,6-9H2,2-4H3,(H,19,20)(H2,16,17,21). The number of carboxylic acids is 1. The number of aliphatic carboxylic acids is 1. The minimum atomic E-state index is -0.820. The van der Waals surface area contributed by atoms with E-state index in [1.165, 1.54) is 0 Å². The van der Waals surface area contributed by atoms with Gasteiger partial charge >= 0.3 is 12.0 Å². The van der Waals surface area contributed by atoms with Crippen LogP contribution in [0.3, 0.4) is 0 Å². The molecule has 1 aliphatic rings. The number of carbonyl (C=O) groups is 2. The Morgan fingerprint density at radius 3 is 2.48 bits per heavy atom. The van der Waals surface area contributed by atoms with Crippen LogP contribution >= 0.6 is 0 Å². The Morgan fingerprint density at radius 1 is 1.43 bits per heavy atom. The summed E-state index contributed by atoms with van der Waals surface area (Å²) in [7, 11) is 0. The molecule has 1 saturated carbocycles. The van der Waals surface area contributed by atoms with Crippen molar-refractivity contribution in [3.63, 3.8) is 0 Å². The van der Waals surface area contributed by atoms with Gasteiger partial charge in [0.1, 0.15) is 0 Å². The number of rotatable bonds is 7. The lowest BCUT2D eigenvalue weighted by molar-refractivity contribution is -0.139. The van der Waals surface area contributed by atoms with Crippen LogP contribution in [0.5, 0.6) is 0 Å². The number of amides is 2. The lowest BCUT2D eigenvalue weighted by Crippen LogP contribution is -2.57. The van der Waals surface area contributed by atoms with Gasteiger partial charge in [0.05, 0.1) is 12.6 Å². The van der Waals surface area contributed by atoms with Gasteiger partial charge in [-0.1, -0.05) is 26.7 Å². The Morgan fingerprint density at radius 2 is 2.05 bits per heavy atom. The zero-order valence-corrected chi connectivity index (χ0v) is 12.9. The van der Waals surface area contributed by atoms with Crippen LogP contribution in [0.4, 0.5) is 4.79 Å². The molecule has 21 heavy (non-hydrogen) atoms. The summed E-state index contributed by atoms with van der Waals surface area (Å²) >= 11 is 0. The molecule has 0 aliphatic heterocycles. The van der Waals surface area contributed by atoms with Gasteiger partial charge in [0.25, 0.3) is 0 Å². The number of likely N-dealkylation sites (N-methyl/N-ethyl adjacent to an activating group) is 1. The zero-order chi connectivity index (χ0) is 16.0. The van der Waals surface area contributed by atoms with Gasteiger partial charge in [-0.05, 0) is 25.3 Å². The van der Waals surface area contributed by atoms with E-state index < -0.39 is 5.97 Å². The van der Waals surface area contributed by atoms with E-state index in [1.54, 1.807) is 0 Å². The average Bonchev–Trinajstić information content (AvgIpc) is 2.36. The van der Waals surface area contributed by atoms with Crippen molar-refractivity contribution in [1.29, 1.82) is 0 Å². The quantitative estimate of drug-likeness (QED) is 0.609. The summed E-state index contributed by atoms with van der Waals surface area (Å²) in [5.74, 6) is 1.92. The van der Waals surface area contributed by atoms with Crippen LogP contribution < -0.4 is 10.6 Å². The van der Waals surface area contributed by atoms with E-state index >= 15 is 0 Å². The minimum Gasteiger partial charge on any atom is -0.480 e. The van der Waals surface area contributed by atoms with Gasteiger partial charge in [0.15, 0.2) is 0 Å². The van der Waals surface area contributed by atoms with Crippen molar-refractivity contribution in [2.75, 3.05) is 13.1 Å². The summed E-state index contributed by atoms with van der Waals surface area (Å²) in [4.78, 5) is 24.5. The maximum Gasteiger partial charge on any atom is 0.317 e. The maximum atomic E-state index is 11.8. The number of hydrogen-bond acceptors (Lipinski definition) is 3. The van der Waals surface area contributed by atoms with Crippen molar-refractivity contribution in [2.45, 2.75) is 51.7 Å². The summed E-state index contributed by atoms with van der Waals surface area (Å²) in [6.45, 7) is 6.59. The Bertz CT molecular complexity index is 411.